The van der Waals surface area contributed by atoms with Crippen molar-refractivity contribution >= 4 is 40.8 Å². The van der Waals surface area contributed by atoms with Crippen LogP contribution in [0.3, 0.4) is 0 Å². The van der Waals surface area contributed by atoms with E-state index in [1.54, 1.807) is 0 Å². The molecule has 2 rings (SSSR count). The number of nitrogens with zero attached hydrogens (tertiary/aromatic N) is 2. The fourth-order valence-corrected chi connectivity index (χ4v) is 1.91. The maximum absolute atomic E-state index is 11.8. The Labute approximate surface area is 136 Å². The minimum absolute atomic E-state index is 0.0397. The maximum atomic E-state index is 11.8. The normalized spacial score (nSPS) is 13.4. The van der Waals surface area contributed by atoms with Gasteiger partial charge in [-0.15, -0.1) is 0 Å². The van der Waals surface area contributed by atoms with Crippen LogP contribution in [0.2, 0.25) is 5.02 Å². The summed E-state index contributed by atoms with van der Waals surface area (Å²) in [5.41, 5.74) is 2.65. The fraction of sp³-hybridized carbons (Fsp3) is 0.214. The molecule has 118 valence electrons. The molecule has 23 heavy (non-hydrogen) atoms. The highest BCUT2D eigenvalue weighted by Gasteiger charge is 2.20. The molecule has 2 N–H and O–H groups in total. The number of rotatable bonds is 4. The SMILES string of the molecule is N#Cc1ccc(Cl)cc1NC(=O)COC(=O)C1=NNC(=O)CC1. The van der Waals surface area contributed by atoms with E-state index < -0.39 is 18.5 Å². The Morgan fingerprint density at radius 1 is 1.43 bits per heavy atom. The van der Waals surface area contributed by atoms with Gasteiger partial charge in [0.2, 0.25) is 5.91 Å². The summed E-state index contributed by atoms with van der Waals surface area (Å²) in [4.78, 5) is 34.4. The fourth-order valence-electron chi connectivity index (χ4n) is 1.74. The number of anilines is 1. The largest absolute Gasteiger partial charge is 0.451 e. The van der Waals surface area contributed by atoms with E-state index in [1.807, 2.05) is 6.07 Å². The molecule has 1 aliphatic rings. The van der Waals surface area contributed by atoms with E-state index in [2.05, 4.69) is 15.8 Å². The van der Waals surface area contributed by atoms with E-state index in [-0.39, 0.29) is 35.7 Å². The number of carbonyl (C=O) groups excluding carboxylic acids is 3. The Morgan fingerprint density at radius 3 is 2.87 bits per heavy atom. The molecule has 0 aliphatic carbocycles. The van der Waals surface area contributed by atoms with E-state index >= 15 is 0 Å². The third-order valence-electron chi connectivity index (χ3n) is 2.85. The van der Waals surface area contributed by atoms with Gasteiger partial charge in [0.1, 0.15) is 11.8 Å². The zero-order valence-electron chi connectivity index (χ0n) is 11.8. The van der Waals surface area contributed by atoms with Crippen molar-refractivity contribution in [1.82, 2.24) is 5.43 Å². The lowest BCUT2D eigenvalue weighted by molar-refractivity contribution is -0.140. The number of halogens is 1. The summed E-state index contributed by atoms with van der Waals surface area (Å²) in [5, 5.41) is 15.3. The summed E-state index contributed by atoms with van der Waals surface area (Å²) < 4.78 is 4.81. The molecule has 2 amide bonds. The van der Waals surface area contributed by atoms with Crippen LogP contribution in [0, 0.1) is 11.3 Å². The van der Waals surface area contributed by atoms with Crippen LogP contribution in [-0.4, -0.2) is 30.1 Å². The molecule has 8 nitrogen and oxygen atoms in total. The van der Waals surface area contributed by atoms with Crippen molar-refractivity contribution < 1.29 is 19.1 Å². The Balaban J connectivity index is 1.91. The minimum Gasteiger partial charge on any atom is -0.451 e. The van der Waals surface area contributed by atoms with Gasteiger partial charge in [-0.3, -0.25) is 9.59 Å². The summed E-state index contributed by atoms with van der Waals surface area (Å²) in [6.45, 7) is -0.552. The average Bonchev–Trinajstić information content (AvgIpc) is 2.53. The Morgan fingerprint density at radius 2 is 2.22 bits per heavy atom. The third kappa shape index (κ3) is 4.52. The lowest BCUT2D eigenvalue weighted by Crippen LogP contribution is -2.32. The van der Waals surface area contributed by atoms with Crippen LogP contribution in [0.5, 0.6) is 0 Å². The smallest absolute Gasteiger partial charge is 0.355 e. The highest BCUT2D eigenvalue weighted by Crippen LogP contribution is 2.20. The number of ether oxygens (including phenoxy) is 1. The van der Waals surface area contributed by atoms with Gasteiger partial charge < -0.3 is 10.1 Å². The first kappa shape index (κ1) is 16.5. The molecule has 0 saturated carbocycles. The third-order valence-corrected chi connectivity index (χ3v) is 3.09. The lowest BCUT2D eigenvalue weighted by atomic mass is 10.2. The maximum Gasteiger partial charge on any atom is 0.355 e. The predicted molar refractivity (Wildman–Crippen MR) is 80.6 cm³/mol. The number of hydrogen-bond acceptors (Lipinski definition) is 6. The molecule has 0 saturated heterocycles. The monoisotopic (exact) mass is 334 g/mol. The first-order valence-corrected chi connectivity index (χ1v) is 6.89. The summed E-state index contributed by atoms with van der Waals surface area (Å²) in [7, 11) is 0. The van der Waals surface area contributed by atoms with Gasteiger partial charge in [0.25, 0.3) is 5.91 Å². The van der Waals surface area contributed by atoms with Crippen molar-refractivity contribution in [2.75, 3.05) is 11.9 Å². The van der Waals surface area contributed by atoms with E-state index in [4.69, 9.17) is 21.6 Å². The number of benzene rings is 1. The lowest BCUT2D eigenvalue weighted by Gasteiger charge is -2.11. The molecule has 0 aromatic heterocycles. The van der Waals surface area contributed by atoms with Gasteiger partial charge in [0, 0.05) is 17.9 Å². The molecular formula is C14H11ClN4O4. The van der Waals surface area contributed by atoms with Crippen LogP contribution < -0.4 is 10.7 Å². The van der Waals surface area contributed by atoms with Gasteiger partial charge in [-0.2, -0.15) is 10.4 Å². The molecule has 0 unspecified atom stereocenters. The topological polar surface area (TPSA) is 121 Å². The van der Waals surface area contributed by atoms with Crippen LogP contribution in [-0.2, 0) is 19.1 Å². The van der Waals surface area contributed by atoms with Crippen molar-refractivity contribution in [2.24, 2.45) is 5.10 Å². The second-order valence-corrected chi connectivity index (χ2v) is 4.96. The number of hydrogen-bond donors (Lipinski definition) is 2. The predicted octanol–water partition coefficient (Wildman–Crippen LogP) is 0.959. The number of carbonyl (C=O) groups is 3. The van der Waals surface area contributed by atoms with Gasteiger partial charge >= 0.3 is 5.97 Å². The van der Waals surface area contributed by atoms with Gasteiger partial charge in [0.15, 0.2) is 6.61 Å². The molecule has 0 atom stereocenters. The highest BCUT2D eigenvalue weighted by atomic mass is 35.5. The van der Waals surface area contributed by atoms with Crippen molar-refractivity contribution in [3.8, 4) is 6.07 Å². The van der Waals surface area contributed by atoms with E-state index in [0.29, 0.717) is 5.02 Å². The number of nitrogens with one attached hydrogen (secondary N) is 2. The number of hydrazone groups is 1. The van der Waals surface area contributed by atoms with Crippen molar-refractivity contribution in [1.29, 1.82) is 5.26 Å². The Hall–Kier alpha value is -2.92. The van der Waals surface area contributed by atoms with Gasteiger partial charge in [-0.1, -0.05) is 11.6 Å². The van der Waals surface area contributed by atoms with Gasteiger partial charge in [-0.05, 0) is 18.2 Å². The second kappa shape index (κ2) is 7.38. The molecule has 1 heterocycles. The molecule has 1 aromatic rings. The Bertz CT molecular complexity index is 739. The van der Waals surface area contributed by atoms with Crippen LogP contribution in [0.4, 0.5) is 5.69 Å². The summed E-state index contributed by atoms with van der Waals surface area (Å²) in [6.07, 6.45) is 0.285. The molecule has 0 spiro atoms. The number of amides is 2. The van der Waals surface area contributed by atoms with E-state index in [1.165, 1.54) is 18.2 Å². The van der Waals surface area contributed by atoms with E-state index in [0.717, 1.165) is 0 Å². The van der Waals surface area contributed by atoms with E-state index in [9.17, 15) is 14.4 Å². The van der Waals surface area contributed by atoms with Crippen LogP contribution in [0.25, 0.3) is 0 Å². The van der Waals surface area contributed by atoms with Crippen molar-refractivity contribution in [3.63, 3.8) is 0 Å². The summed E-state index contributed by atoms with van der Waals surface area (Å²) >= 11 is 5.80. The second-order valence-electron chi connectivity index (χ2n) is 4.52. The average molecular weight is 335 g/mol. The summed E-state index contributed by atoms with van der Waals surface area (Å²) in [5.74, 6) is -1.70. The first-order valence-electron chi connectivity index (χ1n) is 6.51. The molecular weight excluding hydrogens is 324 g/mol. The van der Waals surface area contributed by atoms with Gasteiger partial charge in [-0.25, -0.2) is 10.2 Å². The zero-order chi connectivity index (χ0) is 16.8. The molecule has 9 heteroatoms. The van der Waals surface area contributed by atoms with Crippen molar-refractivity contribution in [3.05, 3.63) is 28.8 Å². The molecule has 0 fully saturated rings. The van der Waals surface area contributed by atoms with Crippen LogP contribution >= 0.6 is 11.6 Å². The quantitative estimate of drug-likeness (QED) is 0.794. The van der Waals surface area contributed by atoms with Crippen LogP contribution in [0.15, 0.2) is 23.3 Å². The first-order chi connectivity index (χ1) is 11.0. The molecule has 1 aromatic carbocycles. The summed E-state index contributed by atoms with van der Waals surface area (Å²) in [6, 6.07) is 6.31. The standard InChI is InChI=1S/C14H11ClN4O4/c15-9-2-1-8(6-16)11(5-9)17-13(21)7-23-14(22)10-3-4-12(20)19-18-10/h1-2,5H,3-4,7H2,(H,17,21)(H,19,20). The highest BCUT2D eigenvalue weighted by molar-refractivity contribution is 6.37. The van der Waals surface area contributed by atoms with Crippen molar-refractivity contribution in [2.45, 2.75) is 12.8 Å². The van der Waals surface area contributed by atoms with Gasteiger partial charge in [0.05, 0.1) is 11.3 Å². The number of esters is 1. The Kier molecular flexibility index (Phi) is 5.28. The molecule has 0 radical (unpaired) electrons. The zero-order valence-corrected chi connectivity index (χ0v) is 12.5. The molecule has 0 bridgehead atoms. The number of nitriles is 1. The molecule has 1 aliphatic heterocycles. The minimum atomic E-state index is -0.785. The van der Waals surface area contributed by atoms with Crippen LogP contribution in [0.1, 0.15) is 18.4 Å².